The molecule has 3 nitrogen and oxygen atoms in total. The van der Waals surface area contributed by atoms with E-state index in [0.717, 1.165) is 12.0 Å². The second-order valence-electron chi connectivity index (χ2n) is 11.4. The van der Waals surface area contributed by atoms with Crippen LogP contribution in [0.5, 0.6) is 0 Å². The van der Waals surface area contributed by atoms with Crippen molar-refractivity contribution in [3.63, 3.8) is 0 Å². The second kappa shape index (κ2) is 9.37. The van der Waals surface area contributed by atoms with Gasteiger partial charge < -0.3 is 15.3 Å². The Labute approximate surface area is 189 Å². The molecule has 3 saturated carbocycles. The van der Waals surface area contributed by atoms with Crippen molar-refractivity contribution in [1.82, 2.24) is 0 Å². The first-order valence-corrected chi connectivity index (χ1v) is 12.2. The van der Waals surface area contributed by atoms with Gasteiger partial charge in [0.1, 0.15) is 0 Å². The van der Waals surface area contributed by atoms with Gasteiger partial charge in [-0.05, 0) is 101 Å². The van der Waals surface area contributed by atoms with Crippen molar-refractivity contribution in [2.24, 2.45) is 23.2 Å². The molecule has 0 spiro atoms. The third-order valence-electron chi connectivity index (χ3n) is 8.58. The lowest BCUT2D eigenvalue weighted by Gasteiger charge is -2.44. The van der Waals surface area contributed by atoms with E-state index in [0.29, 0.717) is 48.0 Å². The minimum absolute atomic E-state index is 0.325. The monoisotopic (exact) mass is 428 g/mol. The molecule has 0 aromatic rings. The average Bonchev–Trinajstić information content (AvgIpc) is 3.04. The van der Waals surface area contributed by atoms with Crippen LogP contribution >= 0.6 is 0 Å². The van der Waals surface area contributed by atoms with Crippen LogP contribution < -0.4 is 0 Å². The maximum atomic E-state index is 10.1. The molecule has 0 amide bonds. The molecule has 0 radical (unpaired) electrons. The molecule has 0 aliphatic heterocycles. The Morgan fingerprint density at radius 3 is 2.45 bits per heavy atom. The maximum absolute atomic E-state index is 10.1. The molecule has 0 bridgehead atoms. The van der Waals surface area contributed by atoms with Gasteiger partial charge in [-0.3, -0.25) is 0 Å². The molecule has 3 N–H and O–H groups in total. The predicted octanol–water partition coefficient (Wildman–Crippen LogP) is 5.87. The van der Waals surface area contributed by atoms with Crippen molar-refractivity contribution in [2.75, 3.05) is 0 Å². The predicted molar refractivity (Wildman–Crippen MR) is 129 cm³/mol. The summed E-state index contributed by atoms with van der Waals surface area (Å²) in [5.74, 6) is 1.83. The molecule has 3 aliphatic rings. The molecule has 2 unspecified atom stereocenters. The summed E-state index contributed by atoms with van der Waals surface area (Å²) >= 11 is 0. The quantitative estimate of drug-likeness (QED) is 0.480. The molecule has 31 heavy (non-hydrogen) atoms. The van der Waals surface area contributed by atoms with Gasteiger partial charge in [-0.15, -0.1) is 0 Å². The maximum Gasteiger partial charge on any atom is 0.0809 e. The highest BCUT2D eigenvalue weighted by atomic mass is 16.3. The highest BCUT2D eigenvalue weighted by Gasteiger charge is 2.50. The number of aliphatic hydroxyl groups is 3. The summed E-state index contributed by atoms with van der Waals surface area (Å²) in [5.41, 5.74) is 4.33. The minimum Gasteiger partial charge on any atom is -0.390 e. The number of rotatable bonds is 5. The Bertz CT molecular complexity index is 750. The van der Waals surface area contributed by atoms with E-state index in [1.807, 2.05) is 13.8 Å². The zero-order valence-electron chi connectivity index (χ0n) is 20.3. The van der Waals surface area contributed by atoms with Crippen LogP contribution in [0.4, 0.5) is 0 Å². The van der Waals surface area contributed by atoms with Gasteiger partial charge in [-0.2, -0.15) is 0 Å². The van der Waals surface area contributed by atoms with Crippen LogP contribution in [0.25, 0.3) is 0 Å². The van der Waals surface area contributed by atoms with Crippen LogP contribution in [0, 0.1) is 23.2 Å². The smallest absolute Gasteiger partial charge is 0.0809 e. The van der Waals surface area contributed by atoms with Crippen LogP contribution in [0.3, 0.4) is 0 Å². The molecule has 3 rings (SSSR count). The topological polar surface area (TPSA) is 60.7 Å². The van der Waals surface area contributed by atoms with Gasteiger partial charge in [0.15, 0.2) is 0 Å². The highest BCUT2D eigenvalue weighted by molar-refractivity contribution is 5.30. The molecule has 0 aromatic carbocycles. The average molecular weight is 429 g/mol. The van der Waals surface area contributed by atoms with E-state index in [2.05, 4.69) is 45.6 Å². The summed E-state index contributed by atoms with van der Waals surface area (Å²) in [6.45, 7) is 14.7. The molecule has 3 fully saturated rings. The third-order valence-corrected chi connectivity index (χ3v) is 8.58. The van der Waals surface area contributed by atoms with Gasteiger partial charge in [0.25, 0.3) is 0 Å². The summed E-state index contributed by atoms with van der Waals surface area (Å²) in [6.07, 6.45) is 13.6. The van der Waals surface area contributed by atoms with E-state index in [9.17, 15) is 15.3 Å². The normalized spacial score (nSPS) is 37.2. The Morgan fingerprint density at radius 2 is 1.84 bits per heavy atom. The number of allylic oxidation sites excluding steroid dienone is 4. The van der Waals surface area contributed by atoms with Crippen LogP contribution in [0.2, 0.25) is 0 Å². The summed E-state index contributed by atoms with van der Waals surface area (Å²) in [4.78, 5) is 0. The lowest BCUT2D eigenvalue weighted by molar-refractivity contribution is 0.0827. The first-order valence-electron chi connectivity index (χ1n) is 12.2. The Balaban J connectivity index is 1.76. The van der Waals surface area contributed by atoms with E-state index in [-0.39, 0.29) is 0 Å². The van der Waals surface area contributed by atoms with Crippen molar-refractivity contribution >= 4 is 0 Å². The number of hydrogen-bond acceptors (Lipinski definition) is 3. The van der Waals surface area contributed by atoms with E-state index in [1.165, 1.54) is 31.3 Å². The second-order valence-corrected chi connectivity index (χ2v) is 11.4. The largest absolute Gasteiger partial charge is 0.390 e. The summed E-state index contributed by atoms with van der Waals surface area (Å²) in [5, 5.41) is 30.4. The fourth-order valence-corrected chi connectivity index (χ4v) is 6.44. The van der Waals surface area contributed by atoms with Crippen molar-refractivity contribution in [3.8, 4) is 0 Å². The standard InChI is InChI=1S/C28H44O3/c1-18(13-15-27(4,5)31)19(2)23-11-12-24-22(8-7-14-28(23,24)6)10-9-21-16-25(29)20(3)26(30)17-21/h9-10,13,19,23-26,29-31H,3,7-8,11-12,14-17H2,1-2,4-6H3/b18-13+,22-10+/t19-,23?,24?,25-,26-,28-/m1/s1. The summed E-state index contributed by atoms with van der Waals surface area (Å²) in [7, 11) is 0. The van der Waals surface area contributed by atoms with Crippen LogP contribution in [0.15, 0.2) is 47.1 Å². The molecule has 3 heteroatoms. The zero-order valence-corrected chi connectivity index (χ0v) is 20.3. The fourth-order valence-electron chi connectivity index (χ4n) is 6.44. The number of aliphatic hydroxyl groups excluding tert-OH is 2. The highest BCUT2D eigenvalue weighted by Crippen LogP contribution is 2.60. The molecule has 3 aliphatic carbocycles. The van der Waals surface area contributed by atoms with Gasteiger partial charge in [-0.25, -0.2) is 0 Å². The lowest BCUT2D eigenvalue weighted by Crippen LogP contribution is -2.36. The van der Waals surface area contributed by atoms with E-state index in [4.69, 9.17) is 0 Å². The van der Waals surface area contributed by atoms with Gasteiger partial charge in [-0.1, -0.05) is 55.4 Å². The molecular formula is C28H44O3. The van der Waals surface area contributed by atoms with Crippen molar-refractivity contribution < 1.29 is 15.3 Å². The molecule has 174 valence electrons. The Morgan fingerprint density at radius 1 is 1.19 bits per heavy atom. The van der Waals surface area contributed by atoms with Crippen molar-refractivity contribution in [3.05, 3.63) is 47.1 Å². The van der Waals surface area contributed by atoms with Gasteiger partial charge in [0.2, 0.25) is 0 Å². The zero-order chi connectivity index (χ0) is 23.0. The first-order chi connectivity index (χ1) is 14.4. The van der Waals surface area contributed by atoms with E-state index >= 15 is 0 Å². The third kappa shape index (κ3) is 5.43. The first kappa shape index (κ1) is 24.5. The Kier molecular flexibility index (Phi) is 7.40. The summed E-state index contributed by atoms with van der Waals surface area (Å²) < 4.78 is 0. The van der Waals surface area contributed by atoms with Crippen molar-refractivity contribution in [1.29, 1.82) is 0 Å². The fraction of sp³-hybridized carbons (Fsp3) is 0.714. The van der Waals surface area contributed by atoms with Crippen LogP contribution in [0.1, 0.15) is 86.0 Å². The number of fused-ring (bicyclic) bond motifs is 1. The van der Waals surface area contributed by atoms with Crippen LogP contribution in [-0.2, 0) is 0 Å². The van der Waals surface area contributed by atoms with Gasteiger partial charge in [0, 0.05) is 0 Å². The molecular weight excluding hydrogens is 384 g/mol. The van der Waals surface area contributed by atoms with Gasteiger partial charge >= 0.3 is 0 Å². The van der Waals surface area contributed by atoms with Gasteiger partial charge in [0.05, 0.1) is 17.8 Å². The van der Waals surface area contributed by atoms with E-state index < -0.39 is 17.8 Å². The minimum atomic E-state index is -0.649. The van der Waals surface area contributed by atoms with Crippen molar-refractivity contribution in [2.45, 2.75) is 104 Å². The number of hydrogen-bond donors (Lipinski definition) is 3. The van der Waals surface area contributed by atoms with E-state index in [1.54, 1.807) is 5.57 Å². The summed E-state index contributed by atoms with van der Waals surface area (Å²) in [6, 6.07) is 0. The molecule has 0 heterocycles. The molecule has 6 atom stereocenters. The Hall–Kier alpha value is -1.16. The molecule has 0 saturated heterocycles. The lowest BCUT2D eigenvalue weighted by atomic mass is 9.60. The van der Waals surface area contributed by atoms with Crippen LogP contribution in [-0.4, -0.2) is 33.1 Å². The molecule has 0 aromatic heterocycles. The SMILES string of the molecule is C=C1[C@H](O)CC(=C/C=C2\CCC[C@@]3(C)C2CCC3[C@H](C)/C(C)=C/CC(C)(C)O)C[C@H]1O.